The molecule has 186 valence electrons. The highest BCUT2D eigenvalue weighted by Crippen LogP contribution is 2.36. The number of unbranched alkanes of at least 4 members (excludes halogenated alkanes) is 1. The van der Waals surface area contributed by atoms with Crippen LogP contribution in [0, 0.1) is 27.7 Å². The average molecular weight is 482 g/mol. The lowest BCUT2D eigenvalue weighted by molar-refractivity contribution is -0.117. The molecule has 5 nitrogen and oxygen atoms in total. The highest BCUT2D eigenvalue weighted by atomic mass is 16.5. The maximum atomic E-state index is 13.1. The number of benzene rings is 3. The second kappa shape index (κ2) is 10.2. The Morgan fingerprint density at radius 3 is 2.47 bits per heavy atom. The number of para-hydroxylation sites is 3. The maximum Gasteiger partial charge on any atom is 0.227 e. The fourth-order valence-corrected chi connectivity index (χ4v) is 5.48. The molecule has 2 heterocycles. The lowest BCUT2D eigenvalue weighted by atomic mass is 10.1. The lowest BCUT2D eigenvalue weighted by Gasteiger charge is -2.21. The van der Waals surface area contributed by atoms with Crippen molar-refractivity contribution in [3.63, 3.8) is 0 Å². The van der Waals surface area contributed by atoms with Gasteiger partial charge in [-0.25, -0.2) is 4.98 Å². The quantitative estimate of drug-likeness (QED) is 0.265. The third-order valence-electron chi connectivity index (χ3n) is 7.25. The summed E-state index contributed by atoms with van der Waals surface area (Å²) in [4.78, 5) is 20.1. The SMILES string of the molecule is Cc1ccc(OCCCCn2c(C3CC(=O)N(c4c(C)cccc4C)C3)nc3ccccc32)c(C)c1. The van der Waals surface area contributed by atoms with Gasteiger partial charge < -0.3 is 14.2 Å². The van der Waals surface area contributed by atoms with Crippen molar-refractivity contribution < 1.29 is 9.53 Å². The van der Waals surface area contributed by atoms with Crippen molar-refractivity contribution in [3.8, 4) is 5.75 Å². The normalized spacial score (nSPS) is 15.7. The van der Waals surface area contributed by atoms with Crippen molar-refractivity contribution in [1.82, 2.24) is 9.55 Å². The second-order valence-corrected chi connectivity index (χ2v) is 10.1. The number of aromatic nitrogens is 2. The van der Waals surface area contributed by atoms with E-state index in [-0.39, 0.29) is 11.8 Å². The van der Waals surface area contributed by atoms with Crippen molar-refractivity contribution in [3.05, 3.63) is 88.7 Å². The fraction of sp³-hybridized carbons (Fsp3) is 0.355. The second-order valence-electron chi connectivity index (χ2n) is 10.1. The van der Waals surface area contributed by atoms with Gasteiger partial charge in [-0.2, -0.15) is 0 Å². The minimum atomic E-state index is 0.0790. The number of rotatable bonds is 8. The summed E-state index contributed by atoms with van der Waals surface area (Å²) in [5.74, 6) is 2.24. The first-order valence-corrected chi connectivity index (χ1v) is 12.9. The summed E-state index contributed by atoms with van der Waals surface area (Å²) in [7, 11) is 0. The van der Waals surface area contributed by atoms with Crippen LogP contribution in [-0.2, 0) is 11.3 Å². The molecule has 1 amide bonds. The first-order valence-electron chi connectivity index (χ1n) is 12.9. The molecule has 5 heteroatoms. The Morgan fingerprint density at radius 1 is 0.917 bits per heavy atom. The summed E-state index contributed by atoms with van der Waals surface area (Å²) in [6.07, 6.45) is 2.43. The van der Waals surface area contributed by atoms with Gasteiger partial charge in [0.05, 0.1) is 17.6 Å². The van der Waals surface area contributed by atoms with Gasteiger partial charge in [0.2, 0.25) is 5.91 Å². The summed E-state index contributed by atoms with van der Waals surface area (Å²) in [6.45, 7) is 10.6. The smallest absolute Gasteiger partial charge is 0.227 e. The number of hydrogen-bond donors (Lipinski definition) is 0. The molecule has 1 aromatic heterocycles. The molecule has 0 radical (unpaired) electrons. The number of anilines is 1. The van der Waals surface area contributed by atoms with Crippen molar-refractivity contribution in [2.24, 2.45) is 0 Å². The van der Waals surface area contributed by atoms with E-state index in [1.807, 2.05) is 11.0 Å². The Labute approximate surface area is 213 Å². The van der Waals surface area contributed by atoms with Gasteiger partial charge in [-0.15, -0.1) is 0 Å². The summed E-state index contributed by atoms with van der Waals surface area (Å²) in [6, 6.07) is 20.8. The van der Waals surface area contributed by atoms with E-state index in [9.17, 15) is 4.79 Å². The standard InChI is InChI=1S/C31H35N3O2/c1-21-14-15-28(24(4)18-21)36-17-8-7-16-33-27-13-6-5-12-26(27)32-31(33)25-19-29(35)34(20-25)30-22(2)10-9-11-23(30)3/h5-6,9-15,18,25H,7-8,16-17,19-20H2,1-4H3. The van der Waals surface area contributed by atoms with Gasteiger partial charge in [-0.3, -0.25) is 4.79 Å². The molecule has 3 aromatic carbocycles. The largest absolute Gasteiger partial charge is 0.493 e. The summed E-state index contributed by atoms with van der Waals surface area (Å²) in [5.41, 5.74) is 7.90. The molecule has 0 N–H and O–H groups in total. The molecule has 1 aliphatic heterocycles. The Balaban J connectivity index is 1.31. The van der Waals surface area contributed by atoms with Crippen LogP contribution in [0.5, 0.6) is 5.75 Å². The molecule has 0 saturated carbocycles. The molecule has 1 atom stereocenters. The predicted octanol–water partition coefficient (Wildman–Crippen LogP) is 6.65. The zero-order valence-corrected chi connectivity index (χ0v) is 21.8. The monoisotopic (exact) mass is 481 g/mol. The molecule has 1 fully saturated rings. The van der Waals surface area contributed by atoms with E-state index in [1.54, 1.807) is 0 Å². The van der Waals surface area contributed by atoms with Crippen LogP contribution in [-0.4, -0.2) is 28.6 Å². The fourth-order valence-electron chi connectivity index (χ4n) is 5.48. The van der Waals surface area contributed by atoms with Gasteiger partial charge in [0, 0.05) is 31.1 Å². The molecule has 0 aliphatic carbocycles. The first-order chi connectivity index (χ1) is 17.4. The van der Waals surface area contributed by atoms with Gasteiger partial charge in [0.25, 0.3) is 0 Å². The van der Waals surface area contributed by atoms with E-state index in [0.717, 1.165) is 58.8 Å². The Kier molecular flexibility index (Phi) is 6.82. The van der Waals surface area contributed by atoms with Crippen LogP contribution in [0.15, 0.2) is 60.7 Å². The molecule has 1 aliphatic rings. The highest BCUT2D eigenvalue weighted by molar-refractivity contribution is 5.98. The Hall–Kier alpha value is -3.60. The van der Waals surface area contributed by atoms with E-state index in [0.29, 0.717) is 19.6 Å². The van der Waals surface area contributed by atoms with Crippen molar-refractivity contribution in [1.29, 1.82) is 0 Å². The van der Waals surface area contributed by atoms with Gasteiger partial charge in [0.15, 0.2) is 0 Å². The summed E-state index contributed by atoms with van der Waals surface area (Å²) in [5, 5.41) is 0. The van der Waals surface area contributed by atoms with Crippen LogP contribution in [0.1, 0.15) is 53.3 Å². The van der Waals surface area contributed by atoms with Gasteiger partial charge in [0.1, 0.15) is 11.6 Å². The van der Waals surface area contributed by atoms with Crippen LogP contribution in [0.25, 0.3) is 11.0 Å². The molecule has 36 heavy (non-hydrogen) atoms. The van der Waals surface area contributed by atoms with Gasteiger partial charge in [-0.05, 0) is 75.4 Å². The lowest BCUT2D eigenvalue weighted by Crippen LogP contribution is -2.26. The van der Waals surface area contributed by atoms with Crippen LogP contribution in [0.2, 0.25) is 0 Å². The molecule has 4 aromatic rings. The molecule has 1 saturated heterocycles. The van der Waals surface area contributed by atoms with Crippen molar-refractivity contribution in [2.75, 3.05) is 18.1 Å². The number of hydrogen-bond acceptors (Lipinski definition) is 3. The number of ether oxygens (including phenoxy) is 1. The molecule has 0 bridgehead atoms. The summed E-state index contributed by atoms with van der Waals surface area (Å²) >= 11 is 0. The van der Waals surface area contributed by atoms with E-state index in [1.165, 1.54) is 11.1 Å². The highest BCUT2D eigenvalue weighted by Gasteiger charge is 2.35. The van der Waals surface area contributed by atoms with Crippen LogP contribution >= 0.6 is 0 Å². The van der Waals surface area contributed by atoms with Crippen LogP contribution in [0.4, 0.5) is 5.69 Å². The molecule has 0 spiro atoms. The number of carbonyl (C=O) groups is 1. The van der Waals surface area contributed by atoms with Crippen LogP contribution in [0.3, 0.4) is 0 Å². The predicted molar refractivity (Wildman–Crippen MR) is 146 cm³/mol. The number of nitrogens with zero attached hydrogens (tertiary/aromatic N) is 3. The van der Waals surface area contributed by atoms with Crippen LogP contribution < -0.4 is 9.64 Å². The zero-order valence-electron chi connectivity index (χ0n) is 21.8. The summed E-state index contributed by atoms with van der Waals surface area (Å²) < 4.78 is 8.38. The van der Waals surface area contributed by atoms with Crippen molar-refractivity contribution >= 4 is 22.6 Å². The molecular weight excluding hydrogens is 446 g/mol. The number of imidazole rings is 1. The zero-order chi connectivity index (χ0) is 25.2. The molecule has 5 rings (SSSR count). The third kappa shape index (κ3) is 4.75. The molecular formula is C31H35N3O2. The maximum absolute atomic E-state index is 13.1. The average Bonchev–Trinajstić information content (AvgIpc) is 3.40. The van der Waals surface area contributed by atoms with Gasteiger partial charge in [-0.1, -0.05) is 48.0 Å². The number of carbonyl (C=O) groups excluding carboxylic acids is 1. The number of amides is 1. The first kappa shape index (κ1) is 24.1. The Bertz CT molecular complexity index is 1380. The van der Waals surface area contributed by atoms with E-state index < -0.39 is 0 Å². The number of aryl methyl sites for hydroxylation is 5. The van der Waals surface area contributed by atoms with E-state index in [2.05, 4.69) is 86.9 Å². The van der Waals surface area contributed by atoms with Crippen molar-refractivity contribution in [2.45, 2.75) is 59.4 Å². The number of fused-ring (bicyclic) bond motifs is 1. The van der Waals surface area contributed by atoms with E-state index >= 15 is 0 Å². The topological polar surface area (TPSA) is 47.4 Å². The van der Waals surface area contributed by atoms with Gasteiger partial charge >= 0.3 is 0 Å². The Morgan fingerprint density at radius 2 is 1.69 bits per heavy atom. The minimum absolute atomic E-state index is 0.0790. The van der Waals surface area contributed by atoms with E-state index in [4.69, 9.17) is 9.72 Å². The third-order valence-corrected chi connectivity index (χ3v) is 7.25. The molecule has 1 unspecified atom stereocenters. The minimum Gasteiger partial charge on any atom is -0.493 e.